The maximum absolute atomic E-state index is 13.9. The van der Waals surface area contributed by atoms with Crippen molar-refractivity contribution >= 4 is 23.2 Å². The molecule has 0 aliphatic rings. The Labute approximate surface area is 262 Å². The third kappa shape index (κ3) is 9.46. The molecule has 0 heterocycles. The average Bonchev–Trinajstić information content (AvgIpc) is 3.08. The van der Waals surface area contributed by atoms with E-state index in [1.165, 1.54) is 0 Å². The highest BCUT2D eigenvalue weighted by molar-refractivity contribution is 6.08. The molecule has 4 aromatic carbocycles. The molecule has 0 saturated carbocycles. The van der Waals surface area contributed by atoms with Crippen LogP contribution in [0.2, 0.25) is 0 Å². The molecule has 4 rings (SSSR count). The van der Waals surface area contributed by atoms with Crippen LogP contribution in [0, 0.1) is 0 Å². The Morgan fingerprint density at radius 2 is 0.864 bits per heavy atom. The molecule has 230 valence electrons. The first-order chi connectivity index (χ1) is 21.6. The van der Waals surface area contributed by atoms with Gasteiger partial charge in [-0.2, -0.15) is 0 Å². The third-order valence-corrected chi connectivity index (χ3v) is 7.41. The first-order valence-corrected chi connectivity index (χ1v) is 15.8. The SMILES string of the molecule is CCCCCOc1ccc(C(=O)N(CCN(C(=O)c2ccc(OCCCCC)cc2)c2ccccc2)c2ccccc2)cc1. The van der Waals surface area contributed by atoms with E-state index in [4.69, 9.17) is 9.47 Å². The normalized spacial score (nSPS) is 10.7. The molecule has 0 aliphatic carbocycles. The zero-order valence-corrected chi connectivity index (χ0v) is 26.0. The van der Waals surface area contributed by atoms with Crippen LogP contribution in [-0.2, 0) is 0 Å². The van der Waals surface area contributed by atoms with Gasteiger partial charge in [-0.1, -0.05) is 75.9 Å². The Morgan fingerprint density at radius 1 is 0.500 bits per heavy atom. The Hall–Kier alpha value is -4.58. The van der Waals surface area contributed by atoms with Crippen LogP contribution >= 0.6 is 0 Å². The van der Waals surface area contributed by atoms with Crippen LogP contribution in [0.4, 0.5) is 11.4 Å². The van der Waals surface area contributed by atoms with E-state index in [1.807, 2.05) is 84.9 Å². The lowest BCUT2D eigenvalue weighted by Gasteiger charge is -2.28. The van der Waals surface area contributed by atoms with E-state index in [1.54, 1.807) is 34.1 Å². The number of hydrogen-bond donors (Lipinski definition) is 0. The number of rotatable bonds is 17. The van der Waals surface area contributed by atoms with Crippen molar-refractivity contribution in [2.75, 3.05) is 36.1 Å². The molecular formula is C38H44N2O4. The van der Waals surface area contributed by atoms with Gasteiger partial charge in [-0.3, -0.25) is 9.59 Å². The highest BCUT2D eigenvalue weighted by Crippen LogP contribution is 2.23. The van der Waals surface area contributed by atoms with Gasteiger partial charge in [-0.05, 0) is 85.6 Å². The number of anilines is 2. The maximum atomic E-state index is 13.9. The lowest BCUT2D eigenvalue weighted by Crippen LogP contribution is -2.41. The van der Waals surface area contributed by atoms with Gasteiger partial charge < -0.3 is 19.3 Å². The molecule has 0 N–H and O–H groups in total. The summed E-state index contributed by atoms with van der Waals surface area (Å²) in [4.78, 5) is 31.2. The largest absolute Gasteiger partial charge is 0.494 e. The van der Waals surface area contributed by atoms with Crippen molar-refractivity contribution in [3.05, 3.63) is 120 Å². The second-order valence-corrected chi connectivity index (χ2v) is 10.7. The number of nitrogens with zero attached hydrogens (tertiary/aromatic N) is 2. The topological polar surface area (TPSA) is 59.1 Å². The number of amides is 2. The summed E-state index contributed by atoms with van der Waals surface area (Å²) in [5.74, 6) is 1.22. The van der Waals surface area contributed by atoms with Crippen LogP contribution in [0.25, 0.3) is 0 Å². The van der Waals surface area contributed by atoms with Crippen molar-refractivity contribution in [2.24, 2.45) is 0 Å². The van der Waals surface area contributed by atoms with E-state index in [9.17, 15) is 9.59 Å². The summed E-state index contributed by atoms with van der Waals surface area (Å²) in [6.45, 7) is 6.26. The Kier molecular flexibility index (Phi) is 12.9. The zero-order valence-electron chi connectivity index (χ0n) is 26.0. The second-order valence-electron chi connectivity index (χ2n) is 10.7. The van der Waals surface area contributed by atoms with Crippen molar-refractivity contribution in [3.63, 3.8) is 0 Å². The summed E-state index contributed by atoms with van der Waals surface area (Å²) in [6, 6.07) is 33.8. The summed E-state index contributed by atoms with van der Waals surface area (Å²) in [6.07, 6.45) is 6.55. The minimum absolute atomic E-state index is 0.140. The first kappa shape index (κ1) is 32.3. The zero-order chi connectivity index (χ0) is 31.0. The van der Waals surface area contributed by atoms with Crippen molar-refractivity contribution in [1.82, 2.24) is 0 Å². The number of unbranched alkanes of at least 4 members (excludes halogenated alkanes) is 4. The smallest absolute Gasteiger partial charge is 0.258 e. The Bertz CT molecular complexity index is 1300. The summed E-state index contributed by atoms with van der Waals surface area (Å²) in [7, 11) is 0. The van der Waals surface area contributed by atoms with Crippen LogP contribution < -0.4 is 19.3 Å². The highest BCUT2D eigenvalue weighted by atomic mass is 16.5. The molecule has 2 amide bonds. The van der Waals surface area contributed by atoms with Crippen molar-refractivity contribution in [3.8, 4) is 11.5 Å². The molecule has 0 spiro atoms. The molecule has 6 nitrogen and oxygen atoms in total. The predicted octanol–water partition coefficient (Wildman–Crippen LogP) is 8.82. The van der Waals surface area contributed by atoms with Crippen LogP contribution in [0.15, 0.2) is 109 Å². The molecule has 44 heavy (non-hydrogen) atoms. The number of para-hydroxylation sites is 2. The molecule has 0 bridgehead atoms. The van der Waals surface area contributed by atoms with Gasteiger partial charge in [0.05, 0.1) is 13.2 Å². The average molecular weight is 593 g/mol. The van der Waals surface area contributed by atoms with E-state index >= 15 is 0 Å². The number of ether oxygens (including phenoxy) is 2. The van der Waals surface area contributed by atoms with E-state index < -0.39 is 0 Å². The molecule has 0 radical (unpaired) electrons. The number of carbonyl (C=O) groups is 2. The summed E-state index contributed by atoms with van der Waals surface area (Å²) in [5, 5.41) is 0. The third-order valence-electron chi connectivity index (χ3n) is 7.41. The minimum atomic E-state index is -0.140. The maximum Gasteiger partial charge on any atom is 0.258 e. The minimum Gasteiger partial charge on any atom is -0.494 e. The fraction of sp³-hybridized carbons (Fsp3) is 0.316. The van der Waals surface area contributed by atoms with Crippen molar-refractivity contribution in [2.45, 2.75) is 52.4 Å². The van der Waals surface area contributed by atoms with Crippen molar-refractivity contribution in [1.29, 1.82) is 0 Å². The van der Waals surface area contributed by atoms with Crippen LogP contribution in [-0.4, -0.2) is 38.1 Å². The highest BCUT2D eigenvalue weighted by Gasteiger charge is 2.23. The number of carbonyl (C=O) groups excluding carboxylic acids is 2. The molecule has 0 saturated heterocycles. The van der Waals surface area contributed by atoms with Gasteiger partial charge in [0.15, 0.2) is 0 Å². The van der Waals surface area contributed by atoms with E-state index in [-0.39, 0.29) is 11.8 Å². The molecule has 0 aromatic heterocycles. The summed E-state index contributed by atoms with van der Waals surface area (Å²) >= 11 is 0. The molecule has 0 aliphatic heterocycles. The molecule has 0 atom stereocenters. The molecular weight excluding hydrogens is 548 g/mol. The van der Waals surface area contributed by atoms with E-state index in [0.29, 0.717) is 37.4 Å². The fourth-order valence-electron chi connectivity index (χ4n) is 4.89. The van der Waals surface area contributed by atoms with Gasteiger partial charge in [-0.15, -0.1) is 0 Å². The van der Waals surface area contributed by atoms with Crippen LogP contribution in [0.3, 0.4) is 0 Å². The van der Waals surface area contributed by atoms with Gasteiger partial charge in [0.2, 0.25) is 0 Å². The van der Waals surface area contributed by atoms with Gasteiger partial charge in [-0.25, -0.2) is 0 Å². The molecule has 0 unspecified atom stereocenters. The van der Waals surface area contributed by atoms with Gasteiger partial charge in [0.1, 0.15) is 11.5 Å². The standard InChI is InChI=1S/C38H44N2O4/c1-3-5-13-29-43-35-23-19-31(20-24-35)37(41)39(33-15-9-7-10-16-33)27-28-40(34-17-11-8-12-18-34)38(42)32-21-25-36(26-22-32)44-30-14-6-4-2/h7-12,15-26H,3-6,13-14,27-30H2,1-2H3. The Morgan fingerprint density at radius 3 is 1.20 bits per heavy atom. The van der Waals surface area contributed by atoms with Crippen LogP contribution in [0.5, 0.6) is 11.5 Å². The molecule has 6 heteroatoms. The van der Waals surface area contributed by atoms with E-state index in [0.717, 1.165) is 61.4 Å². The van der Waals surface area contributed by atoms with Gasteiger partial charge in [0.25, 0.3) is 11.8 Å². The lowest BCUT2D eigenvalue weighted by atomic mass is 10.1. The van der Waals surface area contributed by atoms with Crippen LogP contribution in [0.1, 0.15) is 73.1 Å². The Balaban J connectivity index is 1.51. The monoisotopic (exact) mass is 592 g/mol. The summed E-state index contributed by atoms with van der Waals surface area (Å²) < 4.78 is 11.7. The summed E-state index contributed by atoms with van der Waals surface area (Å²) in [5.41, 5.74) is 2.65. The second kappa shape index (κ2) is 17.5. The fourth-order valence-corrected chi connectivity index (χ4v) is 4.89. The molecule has 4 aromatic rings. The molecule has 0 fully saturated rings. The number of hydrogen-bond acceptors (Lipinski definition) is 4. The van der Waals surface area contributed by atoms with Gasteiger partial charge in [0, 0.05) is 35.6 Å². The lowest BCUT2D eigenvalue weighted by molar-refractivity contribution is 0.0968. The van der Waals surface area contributed by atoms with Gasteiger partial charge >= 0.3 is 0 Å². The number of benzene rings is 4. The van der Waals surface area contributed by atoms with Crippen molar-refractivity contribution < 1.29 is 19.1 Å². The quantitative estimate of drug-likeness (QED) is 0.115. The van der Waals surface area contributed by atoms with E-state index in [2.05, 4.69) is 13.8 Å². The predicted molar refractivity (Wildman–Crippen MR) is 179 cm³/mol. The first-order valence-electron chi connectivity index (χ1n) is 15.8.